The molecule has 1 aromatic rings. The smallest absolute Gasteiger partial charge is 0.335 e. The third kappa shape index (κ3) is 7.36. The fourth-order valence-electron chi connectivity index (χ4n) is 11.8. The summed E-state index contributed by atoms with van der Waals surface area (Å²) in [6, 6.07) is 5.69. The molecule has 48 heavy (non-hydrogen) atoms. The van der Waals surface area contributed by atoms with Gasteiger partial charge in [-0.2, -0.15) is 0 Å². The quantitative estimate of drug-likeness (QED) is 0.252. The average Bonchev–Trinajstić information content (AvgIpc) is 3.54. The van der Waals surface area contributed by atoms with E-state index in [2.05, 4.69) is 91.9 Å². The van der Waals surface area contributed by atoms with Gasteiger partial charge in [-0.05, 0) is 152 Å². The van der Waals surface area contributed by atoms with Crippen LogP contribution in [0.1, 0.15) is 134 Å². The molecule has 4 fully saturated rings. The summed E-state index contributed by atoms with van der Waals surface area (Å²) in [4.78, 5) is 11.5. The molecule has 2 N–H and O–H groups in total. The van der Waals surface area contributed by atoms with Gasteiger partial charge in [0.2, 0.25) is 0 Å². The first kappa shape index (κ1) is 42.8. The summed E-state index contributed by atoms with van der Waals surface area (Å²) in [5.74, 6) is 2.95. The monoisotopic (exact) mass is 655 g/mol. The molecule has 4 saturated carbocycles. The molecule has 0 heterocycles. The molecule has 1 aromatic carbocycles. The van der Waals surface area contributed by atoms with Gasteiger partial charge in [-0.15, -0.1) is 45.1 Å². The number of carboxylic acid groups (broad SMARTS) is 1. The lowest BCUT2D eigenvalue weighted by atomic mass is 9.36. The Hall–Kier alpha value is -3.19. The van der Waals surface area contributed by atoms with E-state index in [-0.39, 0.29) is 10.8 Å². The molecule has 5 aliphatic carbocycles. The second kappa shape index (κ2) is 18.0. The van der Waals surface area contributed by atoms with E-state index in [0.29, 0.717) is 28.9 Å². The van der Waals surface area contributed by atoms with Crippen LogP contribution in [-0.4, -0.2) is 22.8 Å². The maximum Gasteiger partial charge on any atom is 0.335 e. The molecule has 5 aliphatic rings. The predicted molar refractivity (Wildman–Crippen MR) is 206 cm³/mol. The van der Waals surface area contributed by atoms with Crippen LogP contribution in [0.4, 0.5) is 0 Å². The van der Waals surface area contributed by atoms with Gasteiger partial charge in [0.15, 0.2) is 0 Å². The van der Waals surface area contributed by atoms with Gasteiger partial charge in [0.1, 0.15) is 0 Å². The van der Waals surface area contributed by atoms with Gasteiger partial charge in [-0.25, -0.2) is 4.79 Å². The van der Waals surface area contributed by atoms with E-state index in [1.165, 1.54) is 68.9 Å². The molecule has 0 radical (unpaired) electrons. The minimum atomic E-state index is -0.849. The van der Waals surface area contributed by atoms with Crippen molar-refractivity contribution in [1.82, 2.24) is 0 Å². The molecule has 0 aromatic heterocycles. The number of hydrogen-bond acceptors (Lipinski definition) is 2. The number of hydrogen-bond donors (Lipinski definition) is 2. The standard InChI is InChI=1S/C34H48O3.C3H6.C2H6.3C2H2/c1-21-19-22(30(36)37)8-9-23(21)25-12-16-33(5)28(31(25,2)3)14-17-32(4)26-13-18-34(20-35)15-6-7-27(34)24(26)10-11-29(32)33;1-3-2;4*1-2/h8-9,12,19,24,26-29,35H,6-7,10-11,13-18,20H2,1-5H3,(H,36,37);3H,1H2,2H3;1-2H3;3*1-2H/t24-,26?,27?,28?,29?,32-,33-,34+;;;;;/m0...../s1. The molecule has 0 aliphatic heterocycles. The number of terminal acetylenes is 3. The second-order valence-electron chi connectivity index (χ2n) is 15.3. The minimum absolute atomic E-state index is 0.0603. The highest BCUT2D eigenvalue weighted by atomic mass is 16.4. The highest BCUT2D eigenvalue weighted by Gasteiger charge is 2.65. The van der Waals surface area contributed by atoms with Crippen LogP contribution in [-0.2, 0) is 0 Å². The molecule has 4 unspecified atom stereocenters. The Labute approximate surface area is 295 Å². The van der Waals surface area contributed by atoms with E-state index in [1.54, 1.807) is 12.1 Å². The summed E-state index contributed by atoms with van der Waals surface area (Å²) in [6.45, 7) is 22.0. The number of fused-ring (bicyclic) bond motifs is 7. The topological polar surface area (TPSA) is 57.5 Å². The summed E-state index contributed by atoms with van der Waals surface area (Å²) in [6.07, 6.45) is 41.3. The lowest BCUT2D eigenvalue weighted by Crippen LogP contribution is -2.61. The largest absolute Gasteiger partial charge is 0.478 e. The summed E-state index contributed by atoms with van der Waals surface area (Å²) >= 11 is 0. The molecule has 3 nitrogen and oxygen atoms in total. The number of rotatable bonds is 3. The van der Waals surface area contributed by atoms with E-state index in [1.807, 2.05) is 26.8 Å². The Kier molecular flexibility index (Phi) is 16.1. The van der Waals surface area contributed by atoms with E-state index >= 15 is 0 Å². The number of carbonyl (C=O) groups is 1. The van der Waals surface area contributed by atoms with E-state index in [9.17, 15) is 15.0 Å². The molecule has 0 saturated heterocycles. The van der Waals surface area contributed by atoms with Crippen LogP contribution in [0.25, 0.3) is 5.57 Å². The van der Waals surface area contributed by atoms with Gasteiger partial charge in [-0.3, -0.25) is 0 Å². The summed E-state index contributed by atoms with van der Waals surface area (Å²) in [5, 5.41) is 19.9. The van der Waals surface area contributed by atoms with Crippen molar-refractivity contribution in [2.45, 2.75) is 120 Å². The average molecular weight is 655 g/mol. The lowest BCUT2D eigenvalue weighted by molar-refractivity contribution is -0.181. The first-order valence-electron chi connectivity index (χ1n) is 18.1. The number of aliphatic hydroxyl groups excluding tert-OH is 1. The Morgan fingerprint density at radius 1 is 0.875 bits per heavy atom. The van der Waals surface area contributed by atoms with Crippen molar-refractivity contribution in [2.24, 2.45) is 51.2 Å². The Morgan fingerprint density at radius 3 is 2.02 bits per heavy atom. The van der Waals surface area contributed by atoms with E-state index in [4.69, 9.17) is 0 Å². The highest BCUT2D eigenvalue weighted by molar-refractivity contribution is 5.89. The molecule has 6 rings (SSSR count). The van der Waals surface area contributed by atoms with Gasteiger partial charge < -0.3 is 10.2 Å². The zero-order valence-corrected chi connectivity index (χ0v) is 31.5. The van der Waals surface area contributed by atoms with Crippen LogP contribution in [0, 0.1) is 96.7 Å². The second-order valence-corrected chi connectivity index (χ2v) is 15.3. The Morgan fingerprint density at radius 2 is 1.48 bits per heavy atom. The Bertz CT molecular complexity index is 1290. The lowest BCUT2D eigenvalue weighted by Gasteiger charge is -2.68. The molecule has 264 valence electrons. The van der Waals surface area contributed by atoms with Crippen LogP contribution in [0.2, 0.25) is 0 Å². The fraction of sp³-hybridized carbons (Fsp3) is 0.622. The number of carboxylic acids is 1. The van der Waals surface area contributed by atoms with Crippen molar-refractivity contribution in [3.8, 4) is 38.5 Å². The van der Waals surface area contributed by atoms with Gasteiger partial charge in [0.05, 0.1) is 5.56 Å². The SMILES string of the molecule is C#C.C#C.C#C.C=CC.CC.Cc1cc(C(=O)O)ccc1C1=CC[C@@]2(C)C(CC[C@@]3(C)C4CC[C@@]5(CO)CCCC5[C@H]4CCC32)C1(C)C. The van der Waals surface area contributed by atoms with Gasteiger partial charge in [0.25, 0.3) is 0 Å². The van der Waals surface area contributed by atoms with Crippen molar-refractivity contribution < 1.29 is 15.0 Å². The van der Waals surface area contributed by atoms with Crippen LogP contribution >= 0.6 is 0 Å². The summed E-state index contributed by atoms with van der Waals surface area (Å²) < 4.78 is 0. The summed E-state index contributed by atoms with van der Waals surface area (Å²) in [5.41, 5.74) is 5.15. The zero-order valence-electron chi connectivity index (χ0n) is 31.5. The minimum Gasteiger partial charge on any atom is -0.478 e. The first-order valence-corrected chi connectivity index (χ1v) is 18.1. The van der Waals surface area contributed by atoms with Crippen LogP contribution in [0.15, 0.2) is 36.9 Å². The first-order chi connectivity index (χ1) is 22.9. The number of aryl methyl sites for hydroxylation is 1. The van der Waals surface area contributed by atoms with E-state index in [0.717, 1.165) is 35.7 Å². The number of aliphatic hydroxyl groups is 1. The molecule has 0 amide bonds. The van der Waals surface area contributed by atoms with Crippen LogP contribution in [0.3, 0.4) is 0 Å². The maximum absolute atomic E-state index is 11.5. The molecular weight excluding hydrogens is 588 g/mol. The van der Waals surface area contributed by atoms with Crippen molar-refractivity contribution >= 4 is 11.5 Å². The van der Waals surface area contributed by atoms with E-state index < -0.39 is 5.97 Å². The molecule has 0 spiro atoms. The van der Waals surface area contributed by atoms with Gasteiger partial charge >= 0.3 is 5.97 Å². The summed E-state index contributed by atoms with van der Waals surface area (Å²) in [7, 11) is 0. The number of aromatic carboxylic acids is 1. The highest BCUT2D eigenvalue weighted by Crippen LogP contribution is 2.73. The fourth-order valence-corrected chi connectivity index (χ4v) is 11.8. The predicted octanol–water partition coefficient (Wildman–Crippen LogP) is 11.1. The van der Waals surface area contributed by atoms with Crippen molar-refractivity contribution in [2.75, 3.05) is 6.61 Å². The van der Waals surface area contributed by atoms with Crippen molar-refractivity contribution in [3.63, 3.8) is 0 Å². The van der Waals surface area contributed by atoms with Crippen LogP contribution < -0.4 is 0 Å². The van der Waals surface area contributed by atoms with Gasteiger partial charge in [-0.1, -0.05) is 66.2 Å². The Balaban J connectivity index is 0.000000948. The third-order valence-electron chi connectivity index (χ3n) is 13.3. The normalized spacial score (nSPS) is 34.6. The number of benzene rings is 1. The molecule has 3 heteroatoms. The van der Waals surface area contributed by atoms with Crippen molar-refractivity contribution in [1.29, 1.82) is 0 Å². The number of allylic oxidation sites excluding steroid dienone is 3. The maximum atomic E-state index is 11.5. The zero-order chi connectivity index (χ0) is 37.1. The third-order valence-corrected chi connectivity index (χ3v) is 13.3. The van der Waals surface area contributed by atoms with Gasteiger partial charge in [0, 0.05) is 6.61 Å². The van der Waals surface area contributed by atoms with Crippen molar-refractivity contribution in [3.05, 3.63) is 53.6 Å². The molecule has 8 atom stereocenters. The molecular formula is C45H66O3. The molecule has 0 bridgehead atoms. The van der Waals surface area contributed by atoms with Crippen LogP contribution in [0.5, 0.6) is 0 Å².